The summed E-state index contributed by atoms with van der Waals surface area (Å²) in [5.41, 5.74) is 3.92. The maximum absolute atomic E-state index is 10.5. The normalized spacial score (nSPS) is 11.8. The summed E-state index contributed by atoms with van der Waals surface area (Å²) in [4.78, 5) is 0. The van der Waals surface area contributed by atoms with Gasteiger partial charge in [0.2, 0.25) is 5.88 Å². The first-order chi connectivity index (χ1) is 9.34. The van der Waals surface area contributed by atoms with Gasteiger partial charge >= 0.3 is 0 Å². The van der Waals surface area contributed by atoms with Crippen LogP contribution < -0.4 is 0 Å². The van der Waals surface area contributed by atoms with Crippen molar-refractivity contribution in [3.63, 3.8) is 0 Å². The SMILES string of the molecule is CCCc1c(-c2ccc(C)cc2)nn(C(C)(C)C)c1O. The molecule has 2 rings (SSSR count). The molecule has 0 unspecified atom stereocenters. The molecule has 0 atom stereocenters. The summed E-state index contributed by atoms with van der Waals surface area (Å²) in [5, 5.41) is 15.2. The van der Waals surface area contributed by atoms with Gasteiger partial charge in [-0.25, -0.2) is 4.68 Å². The van der Waals surface area contributed by atoms with Crippen LogP contribution in [0.25, 0.3) is 11.3 Å². The van der Waals surface area contributed by atoms with Crippen LogP contribution in [0.15, 0.2) is 24.3 Å². The van der Waals surface area contributed by atoms with Gasteiger partial charge in [-0.15, -0.1) is 0 Å². The van der Waals surface area contributed by atoms with Crippen molar-refractivity contribution >= 4 is 0 Å². The molecule has 0 amide bonds. The van der Waals surface area contributed by atoms with Crippen LogP contribution in [-0.2, 0) is 12.0 Å². The van der Waals surface area contributed by atoms with E-state index < -0.39 is 0 Å². The summed E-state index contributed by atoms with van der Waals surface area (Å²) in [6, 6.07) is 8.31. The Morgan fingerprint density at radius 3 is 2.25 bits per heavy atom. The Morgan fingerprint density at radius 2 is 1.75 bits per heavy atom. The summed E-state index contributed by atoms with van der Waals surface area (Å²) in [5.74, 6) is 0.301. The Balaban J connectivity index is 2.59. The summed E-state index contributed by atoms with van der Waals surface area (Å²) >= 11 is 0. The summed E-state index contributed by atoms with van der Waals surface area (Å²) < 4.78 is 1.73. The second kappa shape index (κ2) is 5.31. The fourth-order valence-electron chi connectivity index (χ4n) is 2.33. The highest BCUT2D eigenvalue weighted by molar-refractivity contribution is 5.65. The first-order valence-corrected chi connectivity index (χ1v) is 7.23. The van der Waals surface area contributed by atoms with Crippen LogP contribution in [0.3, 0.4) is 0 Å². The van der Waals surface area contributed by atoms with Gasteiger partial charge in [0.05, 0.1) is 11.2 Å². The Hall–Kier alpha value is -1.77. The lowest BCUT2D eigenvalue weighted by Crippen LogP contribution is -2.22. The Labute approximate surface area is 121 Å². The highest BCUT2D eigenvalue weighted by Crippen LogP contribution is 2.34. The highest BCUT2D eigenvalue weighted by atomic mass is 16.3. The lowest BCUT2D eigenvalue weighted by Gasteiger charge is -2.20. The van der Waals surface area contributed by atoms with E-state index in [4.69, 9.17) is 0 Å². The molecule has 20 heavy (non-hydrogen) atoms. The number of hydrogen-bond acceptors (Lipinski definition) is 2. The van der Waals surface area contributed by atoms with Gasteiger partial charge in [-0.3, -0.25) is 0 Å². The minimum atomic E-state index is -0.227. The van der Waals surface area contributed by atoms with Crippen molar-refractivity contribution in [2.45, 2.75) is 53.0 Å². The zero-order valence-corrected chi connectivity index (χ0v) is 13.1. The second-order valence-corrected chi connectivity index (χ2v) is 6.35. The van der Waals surface area contributed by atoms with Gasteiger partial charge in [0.15, 0.2) is 0 Å². The van der Waals surface area contributed by atoms with E-state index in [-0.39, 0.29) is 5.54 Å². The zero-order chi connectivity index (χ0) is 14.9. The molecule has 1 heterocycles. The monoisotopic (exact) mass is 272 g/mol. The maximum atomic E-state index is 10.5. The number of rotatable bonds is 3. The molecule has 0 saturated carbocycles. The van der Waals surface area contributed by atoms with Crippen molar-refractivity contribution in [1.29, 1.82) is 0 Å². The van der Waals surface area contributed by atoms with Crippen LogP contribution in [-0.4, -0.2) is 14.9 Å². The standard InChI is InChI=1S/C17H24N2O/c1-6-7-14-15(13-10-8-12(2)9-11-13)18-19(16(14)20)17(3,4)5/h8-11,20H,6-7H2,1-5H3. The van der Waals surface area contributed by atoms with Gasteiger partial charge in [-0.05, 0) is 34.1 Å². The topological polar surface area (TPSA) is 38.0 Å². The molecule has 0 radical (unpaired) electrons. The van der Waals surface area contributed by atoms with Crippen molar-refractivity contribution in [2.24, 2.45) is 0 Å². The molecular weight excluding hydrogens is 248 g/mol. The van der Waals surface area contributed by atoms with Crippen molar-refractivity contribution in [1.82, 2.24) is 9.78 Å². The number of aromatic hydroxyl groups is 1. The molecule has 0 spiro atoms. The van der Waals surface area contributed by atoms with E-state index in [1.54, 1.807) is 4.68 Å². The average molecular weight is 272 g/mol. The van der Waals surface area contributed by atoms with Gasteiger partial charge < -0.3 is 5.11 Å². The molecule has 0 saturated heterocycles. The minimum absolute atomic E-state index is 0.227. The fourth-order valence-corrected chi connectivity index (χ4v) is 2.33. The van der Waals surface area contributed by atoms with Gasteiger partial charge in [0, 0.05) is 11.1 Å². The van der Waals surface area contributed by atoms with Crippen LogP contribution in [0.1, 0.15) is 45.2 Å². The van der Waals surface area contributed by atoms with E-state index >= 15 is 0 Å². The van der Waals surface area contributed by atoms with E-state index in [1.807, 2.05) is 20.8 Å². The molecule has 3 nitrogen and oxygen atoms in total. The van der Waals surface area contributed by atoms with Gasteiger partial charge in [0.25, 0.3) is 0 Å². The lowest BCUT2D eigenvalue weighted by molar-refractivity contribution is 0.293. The number of benzene rings is 1. The molecule has 3 heteroatoms. The highest BCUT2D eigenvalue weighted by Gasteiger charge is 2.24. The number of hydrogen-bond donors (Lipinski definition) is 1. The number of aromatic nitrogens is 2. The van der Waals surface area contributed by atoms with Crippen LogP contribution in [0.4, 0.5) is 0 Å². The van der Waals surface area contributed by atoms with Crippen molar-refractivity contribution in [2.75, 3.05) is 0 Å². The molecule has 0 aliphatic rings. The van der Waals surface area contributed by atoms with E-state index in [9.17, 15) is 5.11 Å². The molecule has 0 bridgehead atoms. The minimum Gasteiger partial charge on any atom is -0.493 e. The Kier molecular flexibility index (Phi) is 3.89. The molecule has 1 N–H and O–H groups in total. The molecule has 2 aromatic rings. The third-order valence-corrected chi connectivity index (χ3v) is 3.42. The Bertz CT molecular complexity index is 589. The molecule has 1 aromatic heterocycles. The molecule has 1 aromatic carbocycles. The van der Waals surface area contributed by atoms with E-state index in [2.05, 4.69) is 43.2 Å². The molecule has 108 valence electrons. The number of nitrogens with zero attached hydrogens (tertiary/aromatic N) is 2. The smallest absolute Gasteiger partial charge is 0.213 e. The van der Waals surface area contributed by atoms with Gasteiger partial charge in [-0.2, -0.15) is 5.10 Å². The van der Waals surface area contributed by atoms with E-state index in [0.717, 1.165) is 29.7 Å². The second-order valence-electron chi connectivity index (χ2n) is 6.35. The van der Waals surface area contributed by atoms with Gasteiger partial charge in [0.1, 0.15) is 0 Å². The predicted octanol–water partition coefficient (Wildman–Crippen LogP) is 4.27. The maximum Gasteiger partial charge on any atom is 0.213 e. The van der Waals surface area contributed by atoms with E-state index in [0.29, 0.717) is 5.88 Å². The first-order valence-electron chi connectivity index (χ1n) is 7.23. The fraction of sp³-hybridized carbons (Fsp3) is 0.471. The molecular formula is C17H24N2O. The largest absolute Gasteiger partial charge is 0.493 e. The quantitative estimate of drug-likeness (QED) is 0.906. The van der Waals surface area contributed by atoms with Crippen molar-refractivity contribution in [3.8, 4) is 17.1 Å². The van der Waals surface area contributed by atoms with Crippen LogP contribution in [0, 0.1) is 6.92 Å². The lowest BCUT2D eigenvalue weighted by atomic mass is 10.0. The molecule has 0 fully saturated rings. The van der Waals surface area contributed by atoms with Gasteiger partial charge in [-0.1, -0.05) is 43.2 Å². The zero-order valence-electron chi connectivity index (χ0n) is 13.1. The van der Waals surface area contributed by atoms with Crippen molar-refractivity contribution < 1.29 is 5.11 Å². The predicted molar refractivity (Wildman–Crippen MR) is 83.1 cm³/mol. The summed E-state index contributed by atoms with van der Waals surface area (Å²) in [6.45, 7) is 10.3. The van der Waals surface area contributed by atoms with Crippen LogP contribution in [0.2, 0.25) is 0 Å². The van der Waals surface area contributed by atoms with Crippen molar-refractivity contribution in [3.05, 3.63) is 35.4 Å². The molecule has 0 aliphatic carbocycles. The van der Waals surface area contributed by atoms with E-state index in [1.165, 1.54) is 5.56 Å². The summed E-state index contributed by atoms with van der Waals surface area (Å²) in [7, 11) is 0. The van der Waals surface area contributed by atoms with Crippen LogP contribution >= 0.6 is 0 Å². The third-order valence-electron chi connectivity index (χ3n) is 3.42. The van der Waals surface area contributed by atoms with Crippen LogP contribution in [0.5, 0.6) is 5.88 Å². The summed E-state index contributed by atoms with van der Waals surface area (Å²) in [6.07, 6.45) is 1.83. The first kappa shape index (κ1) is 14.6. The number of aryl methyl sites for hydroxylation is 1. The molecule has 0 aliphatic heterocycles. The average Bonchev–Trinajstić information content (AvgIpc) is 2.69. The third kappa shape index (κ3) is 2.72. The Morgan fingerprint density at radius 1 is 1.15 bits per heavy atom.